The Hall–Kier alpha value is -3.30. The number of non-ortho nitro benzene ring substituents is 1. The highest BCUT2D eigenvalue weighted by Gasteiger charge is 2.56. The number of esters is 1. The van der Waals surface area contributed by atoms with Crippen LogP contribution < -0.4 is 10.3 Å². The molecular formula is C14H12N4O6. The Kier molecular flexibility index (Phi) is 3.51. The largest absolute Gasteiger partial charge is 0.464 e. The molecule has 3 rings (SSSR count). The number of hydrogen-bond acceptors (Lipinski definition) is 8. The number of hydrazone groups is 1. The van der Waals surface area contributed by atoms with Gasteiger partial charge in [-0.2, -0.15) is 5.10 Å². The van der Waals surface area contributed by atoms with Gasteiger partial charge in [0, 0.05) is 12.1 Å². The van der Waals surface area contributed by atoms with E-state index < -0.39 is 34.7 Å². The number of amides is 2. The Morgan fingerprint density at radius 2 is 2.08 bits per heavy atom. The Labute approximate surface area is 135 Å². The molecule has 2 amide bonds. The first-order chi connectivity index (χ1) is 11.4. The number of aryl methyl sites for hydroxylation is 1. The number of carbonyl (C=O) groups is 3. The van der Waals surface area contributed by atoms with Crippen molar-refractivity contribution in [3.63, 3.8) is 0 Å². The van der Waals surface area contributed by atoms with Crippen molar-refractivity contribution in [1.82, 2.24) is 5.43 Å². The summed E-state index contributed by atoms with van der Waals surface area (Å²) in [5, 5.41) is 14.6. The first-order valence-electron chi connectivity index (χ1n) is 6.91. The molecule has 0 saturated carbocycles. The van der Waals surface area contributed by atoms with Gasteiger partial charge in [0.1, 0.15) is 12.0 Å². The molecule has 0 bridgehead atoms. The van der Waals surface area contributed by atoms with Crippen LogP contribution >= 0.6 is 0 Å². The molecule has 124 valence electrons. The lowest BCUT2D eigenvalue weighted by molar-refractivity contribution is -0.384. The molecule has 0 radical (unpaired) electrons. The number of imide groups is 1. The quantitative estimate of drug-likeness (QED) is 0.353. The Morgan fingerprint density at radius 3 is 2.71 bits per heavy atom. The molecule has 0 aliphatic carbocycles. The number of fused-ring (bicyclic) bond motifs is 1. The van der Waals surface area contributed by atoms with E-state index in [0.29, 0.717) is 5.56 Å². The van der Waals surface area contributed by atoms with E-state index in [1.165, 1.54) is 12.1 Å². The minimum absolute atomic E-state index is 0.111. The summed E-state index contributed by atoms with van der Waals surface area (Å²) >= 11 is 0. The van der Waals surface area contributed by atoms with Gasteiger partial charge in [-0.25, -0.2) is 9.69 Å². The Bertz CT molecular complexity index is 817. The van der Waals surface area contributed by atoms with Crippen LogP contribution in [0.5, 0.6) is 0 Å². The molecule has 1 aromatic rings. The monoisotopic (exact) mass is 332 g/mol. The summed E-state index contributed by atoms with van der Waals surface area (Å²) < 4.78 is 4.56. The molecule has 1 fully saturated rings. The molecule has 2 atom stereocenters. The Balaban J connectivity index is 2.03. The molecule has 24 heavy (non-hydrogen) atoms. The van der Waals surface area contributed by atoms with Gasteiger partial charge in [-0.3, -0.25) is 25.1 Å². The summed E-state index contributed by atoms with van der Waals surface area (Å²) in [5.74, 6) is -3.23. The predicted octanol–water partition coefficient (Wildman–Crippen LogP) is -0.107. The molecule has 2 aliphatic heterocycles. The van der Waals surface area contributed by atoms with Crippen LogP contribution in [0, 0.1) is 23.0 Å². The van der Waals surface area contributed by atoms with E-state index in [4.69, 9.17) is 0 Å². The number of hydrogen-bond donors (Lipinski definition) is 1. The molecule has 10 nitrogen and oxygen atoms in total. The second-order valence-electron chi connectivity index (χ2n) is 5.31. The lowest BCUT2D eigenvalue weighted by atomic mass is 9.99. The fourth-order valence-electron chi connectivity index (χ4n) is 2.75. The number of rotatable bonds is 3. The number of nitro groups is 1. The van der Waals surface area contributed by atoms with Gasteiger partial charge in [0.25, 0.3) is 11.6 Å². The number of benzene rings is 1. The van der Waals surface area contributed by atoms with Gasteiger partial charge in [0.2, 0.25) is 5.91 Å². The molecule has 1 saturated heterocycles. The van der Waals surface area contributed by atoms with Gasteiger partial charge < -0.3 is 4.74 Å². The van der Waals surface area contributed by atoms with Crippen molar-refractivity contribution in [3.8, 4) is 0 Å². The molecule has 2 unspecified atom stereocenters. The first-order valence-corrected chi connectivity index (χ1v) is 6.91. The van der Waals surface area contributed by atoms with Crippen molar-refractivity contribution in [2.75, 3.05) is 12.0 Å². The van der Waals surface area contributed by atoms with Crippen LogP contribution in [0.2, 0.25) is 0 Å². The molecular weight excluding hydrogens is 320 g/mol. The zero-order valence-corrected chi connectivity index (χ0v) is 12.7. The van der Waals surface area contributed by atoms with Gasteiger partial charge in [-0.1, -0.05) is 6.07 Å². The maximum absolute atomic E-state index is 12.7. The molecule has 0 spiro atoms. The van der Waals surface area contributed by atoms with Crippen LogP contribution in [0.25, 0.3) is 0 Å². The van der Waals surface area contributed by atoms with E-state index in [1.807, 2.05) is 0 Å². The minimum atomic E-state index is -1.11. The normalized spacial score (nSPS) is 22.1. The predicted molar refractivity (Wildman–Crippen MR) is 80.2 cm³/mol. The summed E-state index contributed by atoms with van der Waals surface area (Å²) in [6, 6.07) is 2.86. The number of anilines is 1. The van der Waals surface area contributed by atoms with Crippen molar-refractivity contribution >= 4 is 34.9 Å². The zero-order chi connectivity index (χ0) is 17.6. The summed E-state index contributed by atoms with van der Waals surface area (Å²) in [4.78, 5) is 48.1. The summed E-state index contributed by atoms with van der Waals surface area (Å²) in [7, 11) is 1.14. The molecule has 0 aromatic heterocycles. The van der Waals surface area contributed by atoms with Crippen molar-refractivity contribution in [2.24, 2.45) is 11.0 Å². The van der Waals surface area contributed by atoms with E-state index in [-0.39, 0.29) is 17.1 Å². The van der Waals surface area contributed by atoms with Crippen LogP contribution in [0.3, 0.4) is 0 Å². The van der Waals surface area contributed by atoms with Gasteiger partial charge in [-0.15, -0.1) is 0 Å². The summed E-state index contributed by atoms with van der Waals surface area (Å²) in [6.07, 6.45) is 0. The van der Waals surface area contributed by atoms with Gasteiger partial charge >= 0.3 is 5.97 Å². The number of nitro benzene ring substituents is 1. The lowest BCUT2D eigenvalue weighted by Gasteiger charge is -2.17. The highest BCUT2D eigenvalue weighted by Crippen LogP contribution is 2.34. The lowest BCUT2D eigenvalue weighted by Crippen LogP contribution is -2.36. The molecule has 1 N–H and O–H groups in total. The third-order valence-corrected chi connectivity index (χ3v) is 3.96. The standard InChI is InChI=1S/C14H12N4O6/c1-6-3-4-7(18(22)23)5-8(6)17-12(19)9-10(13(17)20)15-16-11(9)14(21)24-2/h3-5,9-10,15H,1-2H3. The fourth-order valence-corrected chi connectivity index (χ4v) is 2.75. The van der Waals surface area contributed by atoms with Gasteiger partial charge in [0.05, 0.1) is 17.7 Å². The van der Waals surface area contributed by atoms with Crippen molar-refractivity contribution in [3.05, 3.63) is 33.9 Å². The van der Waals surface area contributed by atoms with E-state index in [9.17, 15) is 24.5 Å². The van der Waals surface area contributed by atoms with Crippen LogP contribution in [-0.2, 0) is 19.1 Å². The minimum Gasteiger partial charge on any atom is -0.464 e. The highest BCUT2D eigenvalue weighted by molar-refractivity contribution is 6.46. The van der Waals surface area contributed by atoms with E-state index >= 15 is 0 Å². The second-order valence-corrected chi connectivity index (χ2v) is 5.31. The third kappa shape index (κ3) is 2.11. The SMILES string of the molecule is COC(=O)C1=NNC2C(=O)N(c3cc([N+](=O)[O-])ccc3C)C(=O)C12. The van der Waals surface area contributed by atoms with Crippen LogP contribution in [-0.4, -0.2) is 41.6 Å². The highest BCUT2D eigenvalue weighted by atomic mass is 16.6. The number of nitrogens with one attached hydrogen (secondary N) is 1. The third-order valence-electron chi connectivity index (χ3n) is 3.96. The zero-order valence-electron chi connectivity index (χ0n) is 12.7. The number of methoxy groups -OCH3 is 1. The number of nitrogens with zero attached hydrogens (tertiary/aromatic N) is 3. The molecule has 1 aromatic carbocycles. The van der Waals surface area contributed by atoms with E-state index in [2.05, 4.69) is 15.3 Å². The van der Waals surface area contributed by atoms with Gasteiger partial charge in [-0.05, 0) is 12.5 Å². The molecule has 10 heteroatoms. The average Bonchev–Trinajstić information content (AvgIpc) is 3.09. The van der Waals surface area contributed by atoms with Crippen LogP contribution in [0.15, 0.2) is 23.3 Å². The number of ether oxygens (including phenoxy) is 1. The second kappa shape index (κ2) is 5.41. The summed E-state index contributed by atoms with van der Waals surface area (Å²) in [5.41, 5.74) is 2.65. The van der Waals surface area contributed by atoms with Gasteiger partial charge in [0.15, 0.2) is 5.71 Å². The molecule has 2 heterocycles. The topological polar surface area (TPSA) is 131 Å². The van der Waals surface area contributed by atoms with Crippen LogP contribution in [0.4, 0.5) is 11.4 Å². The maximum atomic E-state index is 12.7. The fraction of sp³-hybridized carbons (Fsp3) is 0.286. The maximum Gasteiger partial charge on any atom is 0.355 e. The van der Waals surface area contributed by atoms with Crippen molar-refractivity contribution < 1.29 is 24.0 Å². The summed E-state index contributed by atoms with van der Waals surface area (Å²) in [6.45, 7) is 1.62. The Morgan fingerprint density at radius 1 is 1.38 bits per heavy atom. The van der Waals surface area contributed by atoms with Crippen LogP contribution in [0.1, 0.15) is 5.56 Å². The van der Waals surface area contributed by atoms with E-state index in [1.54, 1.807) is 6.92 Å². The van der Waals surface area contributed by atoms with Crippen molar-refractivity contribution in [1.29, 1.82) is 0 Å². The van der Waals surface area contributed by atoms with E-state index in [0.717, 1.165) is 18.1 Å². The van der Waals surface area contributed by atoms with Crippen molar-refractivity contribution in [2.45, 2.75) is 13.0 Å². The average molecular weight is 332 g/mol. The number of carbonyl (C=O) groups excluding carboxylic acids is 3. The molecule has 2 aliphatic rings. The first kappa shape index (κ1) is 15.6. The smallest absolute Gasteiger partial charge is 0.355 e.